The quantitative estimate of drug-likeness (QED) is 0.762. The second-order valence-corrected chi connectivity index (χ2v) is 7.01. The molecule has 6 heteroatoms. The van der Waals surface area contributed by atoms with Gasteiger partial charge in [0.05, 0.1) is 4.90 Å². The third-order valence-corrected chi connectivity index (χ3v) is 5.21. The molecule has 5 nitrogen and oxygen atoms in total. The summed E-state index contributed by atoms with van der Waals surface area (Å²) in [5, 5.41) is 0. The number of sulfonamides is 1. The second-order valence-electron chi connectivity index (χ2n) is 5.30. The maximum Gasteiger partial charge on any atom is 0.240 e. The Morgan fingerprint density at radius 1 is 1.29 bits per heavy atom. The van der Waals surface area contributed by atoms with E-state index < -0.39 is 10.0 Å². The first-order valence-corrected chi connectivity index (χ1v) is 8.86. The van der Waals surface area contributed by atoms with Gasteiger partial charge in [-0.2, -0.15) is 0 Å². The second kappa shape index (κ2) is 7.89. The molecule has 0 fully saturated rings. The van der Waals surface area contributed by atoms with E-state index in [2.05, 4.69) is 23.5 Å². The third kappa shape index (κ3) is 5.07. The van der Waals surface area contributed by atoms with Crippen LogP contribution in [-0.2, 0) is 16.6 Å². The Kier molecular flexibility index (Phi) is 6.80. The Labute approximate surface area is 128 Å². The first-order chi connectivity index (χ1) is 9.83. The van der Waals surface area contributed by atoms with E-state index in [0.717, 1.165) is 24.2 Å². The van der Waals surface area contributed by atoms with Crippen LogP contribution in [0.2, 0.25) is 0 Å². The van der Waals surface area contributed by atoms with Crippen LogP contribution in [-0.4, -0.2) is 39.0 Å². The zero-order valence-corrected chi connectivity index (χ0v) is 14.2. The topological polar surface area (TPSA) is 75.4 Å². The van der Waals surface area contributed by atoms with Gasteiger partial charge in [-0.15, -0.1) is 0 Å². The molecular weight excluding hydrogens is 286 g/mol. The van der Waals surface area contributed by atoms with Crippen molar-refractivity contribution in [3.8, 4) is 0 Å². The molecule has 3 N–H and O–H groups in total. The van der Waals surface area contributed by atoms with Crippen molar-refractivity contribution in [1.82, 2.24) is 9.62 Å². The minimum absolute atomic E-state index is 0.135. The van der Waals surface area contributed by atoms with Crippen molar-refractivity contribution < 1.29 is 8.42 Å². The summed E-state index contributed by atoms with van der Waals surface area (Å²) in [6, 6.07) is 4.93. The fraction of sp³-hybridized carbons (Fsp3) is 0.600. The lowest BCUT2D eigenvalue weighted by Crippen LogP contribution is -2.41. The Hall–Kier alpha value is -0.950. The van der Waals surface area contributed by atoms with Gasteiger partial charge in [0.2, 0.25) is 10.0 Å². The fourth-order valence-electron chi connectivity index (χ4n) is 2.30. The zero-order chi connectivity index (χ0) is 16.0. The largest absolute Gasteiger partial charge is 0.326 e. The predicted octanol–water partition coefficient (Wildman–Crippen LogP) is 1.46. The average molecular weight is 313 g/mol. The molecule has 0 radical (unpaired) electrons. The molecule has 0 saturated heterocycles. The van der Waals surface area contributed by atoms with E-state index in [1.807, 2.05) is 13.8 Å². The van der Waals surface area contributed by atoms with E-state index in [0.29, 0.717) is 18.0 Å². The van der Waals surface area contributed by atoms with Crippen molar-refractivity contribution in [2.24, 2.45) is 5.73 Å². The zero-order valence-electron chi connectivity index (χ0n) is 13.4. The van der Waals surface area contributed by atoms with Gasteiger partial charge in [-0.05, 0) is 50.2 Å². The summed E-state index contributed by atoms with van der Waals surface area (Å²) in [5.74, 6) is 0. The van der Waals surface area contributed by atoms with Crippen LogP contribution in [0.15, 0.2) is 23.1 Å². The lowest BCUT2D eigenvalue weighted by Gasteiger charge is -2.23. The molecule has 1 aromatic carbocycles. The molecule has 0 spiro atoms. The third-order valence-electron chi connectivity index (χ3n) is 3.63. The Morgan fingerprint density at radius 3 is 2.38 bits per heavy atom. The predicted molar refractivity (Wildman–Crippen MR) is 86.6 cm³/mol. The first kappa shape index (κ1) is 18.1. The number of likely N-dealkylation sites (N-methyl/N-ethyl adjacent to an activating group) is 1. The van der Waals surface area contributed by atoms with Crippen LogP contribution in [0.3, 0.4) is 0 Å². The Morgan fingerprint density at radius 2 is 1.90 bits per heavy atom. The standard InChI is InChI=1S/C15H27N3O2S/c1-5-18(6-2)11-13(4)17-21(19,20)15-8-7-14(10-16)12(3)9-15/h7-9,13,17H,5-6,10-11,16H2,1-4H3. The number of benzene rings is 1. The summed E-state index contributed by atoms with van der Waals surface area (Å²) in [6.07, 6.45) is 0. The molecule has 0 amide bonds. The van der Waals surface area contributed by atoms with Crippen molar-refractivity contribution in [2.45, 2.75) is 45.2 Å². The number of nitrogens with two attached hydrogens (primary N) is 1. The molecule has 1 rings (SSSR count). The highest BCUT2D eigenvalue weighted by Crippen LogP contribution is 2.15. The van der Waals surface area contributed by atoms with Crippen molar-refractivity contribution >= 4 is 10.0 Å². The maximum atomic E-state index is 12.4. The van der Waals surface area contributed by atoms with Gasteiger partial charge in [0.1, 0.15) is 0 Å². The Bertz CT molecular complexity index is 554. The monoisotopic (exact) mass is 313 g/mol. The van der Waals surface area contributed by atoms with Crippen LogP contribution in [0.1, 0.15) is 31.9 Å². The highest BCUT2D eigenvalue weighted by Gasteiger charge is 2.19. The fourth-order valence-corrected chi connectivity index (χ4v) is 3.62. The van der Waals surface area contributed by atoms with Gasteiger partial charge < -0.3 is 10.6 Å². The van der Waals surface area contributed by atoms with Gasteiger partial charge in [-0.3, -0.25) is 0 Å². The molecule has 0 heterocycles. The molecule has 0 saturated carbocycles. The van der Waals surface area contributed by atoms with Crippen LogP contribution in [0, 0.1) is 6.92 Å². The summed E-state index contributed by atoms with van der Waals surface area (Å²) in [6.45, 7) is 10.8. The lowest BCUT2D eigenvalue weighted by molar-refractivity contribution is 0.282. The Balaban J connectivity index is 2.84. The minimum Gasteiger partial charge on any atom is -0.326 e. The number of aryl methyl sites for hydroxylation is 1. The molecule has 0 aromatic heterocycles. The molecule has 0 aliphatic heterocycles. The van der Waals surface area contributed by atoms with Crippen molar-refractivity contribution in [3.63, 3.8) is 0 Å². The van der Waals surface area contributed by atoms with E-state index >= 15 is 0 Å². The summed E-state index contributed by atoms with van der Waals surface area (Å²) in [7, 11) is -3.49. The van der Waals surface area contributed by atoms with Crippen LogP contribution >= 0.6 is 0 Å². The van der Waals surface area contributed by atoms with Crippen molar-refractivity contribution in [1.29, 1.82) is 0 Å². The molecule has 120 valence electrons. The first-order valence-electron chi connectivity index (χ1n) is 7.38. The van der Waals surface area contributed by atoms with Gasteiger partial charge >= 0.3 is 0 Å². The van der Waals surface area contributed by atoms with Gasteiger partial charge in [-0.1, -0.05) is 19.9 Å². The summed E-state index contributed by atoms with van der Waals surface area (Å²) in [4.78, 5) is 2.49. The number of nitrogens with zero attached hydrogens (tertiary/aromatic N) is 1. The van der Waals surface area contributed by atoms with Crippen molar-refractivity contribution in [2.75, 3.05) is 19.6 Å². The molecule has 0 aliphatic rings. The van der Waals surface area contributed by atoms with Gasteiger partial charge in [0.15, 0.2) is 0 Å². The van der Waals surface area contributed by atoms with E-state index in [-0.39, 0.29) is 6.04 Å². The molecular formula is C15H27N3O2S. The van der Waals surface area contributed by atoms with Gasteiger partial charge in [0, 0.05) is 19.1 Å². The summed E-state index contributed by atoms with van der Waals surface area (Å²) in [5.41, 5.74) is 7.47. The number of nitrogens with one attached hydrogen (secondary N) is 1. The van der Waals surface area contributed by atoms with Crippen LogP contribution in [0.4, 0.5) is 0 Å². The summed E-state index contributed by atoms with van der Waals surface area (Å²) >= 11 is 0. The summed E-state index contributed by atoms with van der Waals surface area (Å²) < 4.78 is 27.5. The molecule has 1 unspecified atom stereocenters. The minimum atomic E-state index is -3.49. The van der Waals surface area contributed by atoms with E-state index in [1.165, 1.54) is 0 Å². The lowest BCUT2D eigenvalue weighted by atomic mass is 10.1. The van der Waals surface area contributed by atoms with E-state index in [9.17, 15) is 8.42 Å². The SMILES string of the molecule is CCN(CC)CC(C)NS(=O)(=O)c1ccc(CN)c(C)c1. The van der Waals surface area contributed by atoms with Crippen LogP contribution in [0.5, 0.6) is 0 Å². The number of hydrogen-bond donors (Lipinski definition) is 2. The molecule has 21 heavy (non-hydrogen) atoms. The maximum absolute atomic E-state index is 12.4. The van der Waals surface area contributed by atoms with E-state index in [4.69, 9.17) is 5.73 Å². The average Bonchev–Trinajstić information content (AvgIpc) is 2.44. The van der Waals surface area contributed by atoms with E-state index in [1.54, 1.807) is 18.2 Å². The van der Waals surface area contributed by atoms with Gasteiger partial charge in [0.25, 0.3) is 0 Å². The van der Waals surface area contributed by atoms with Gasteiger partial charge in [-0.25, -0.2) is 13.1 Å². The van der Waals surface area contributed by atoms with Crippen molar-refractivity contribution in [3.05, 3.63) is 29.3 Å². The normalized spacial score (nSPS) is 13.6. The molecule has 0 aliphatic carbocycles. The molecule has 0 bridgehead atoms. The number of rotatable bonds is 8. The smallest absolute Gasteiger partial charge is 0.240 e. The molecule has 1 atom stereocenters. The molecule has 1 aromatic rings. The van der Waals surface area contributed by atoms with Crippen LogP contribution in [0.25, 0.3) is 0 Å². The van der Waals surface area contributed by atoms with Crippen LogP contribution < -0.4 is 10.5 Å². The highest BCUT2D eigenvalue weighted by molar-refractivity contribution is 7.89. The highest BCUT2D eigenvalue weighted by atomic mass is 32.2. The number of hydrogen-bond acceptors (Lipinski definition) is 4.